The second-order valence-corrected chi connectivity index (χ2v) is 19.7. The largest absolute Gasteiger partial charge is 0.494 e. The lowest BCUT2D eigenvalue weighted by atomic mass is 10.1. The molecule has 2 fully saturated rings. The van der Waals surface area contributed by atoms with Crippen molar-refractivity contribution in [3.63, 3.8) is 0 Å². The molecule has 25 heteroatoms. The molecule has 2 aliphatic carbocycles. The lowest BCUT2D eigenvalue weighted by Gasteiger charge is -2.17. The van der Waals surface area contributed by atoms with E-state index in [0.717, 1.165) is 31.2 Å². The average molecular weight is 1130 g/mol. The second kappa shape index (κ2) is 30.3. The van der Waals surface area contributed by atoms with E-state index in [9.17, 15) is 24.0 Å². The van der Waals surface area contributed by atoms with Crippen LogP contribution in [0.15, 0.2) is 104 Å². The number of halogens is 1. The van der Waals surface area contributed by atoms with E-state index in [4.69, 9.17) is 38.3 Å². The third kappa shape index (κ3) is 20.2. The highest BCUT2D eigenvalue weighted by molar-refractivity contribution is 6.30. The summed E-state index contributed by atoms with van der Waals surface area (Å²) in [4.78, 5) is 74.7. The Morgan fingerprint density at radius 2 is 1.07 bits per heavy atom. The van der Waals surface area contributed by atoms with Gasteiger partial charge in [-0.1, -0.05) is 55.8 Å². The maximum Gasteiger partial charge on any atom is 0.409 e. The number of carbonyl (C=O) groups excluding carboxylic acids is 5. The first-order valence-corrected chi connectivity index (χ1v) is 26.2. The summed E-state index contributed by atoms with van der Waals surface area (Å²) in [6, 6.07) is 22.8. The molecule has 0 bridgehead atoms. The number of nitrogens with one attached hydrogen (secondary N) is 5. The first-order valence-electron chi connectivity index (χ1n) is 25.8. The van der Waals surface area contributed by atoms with E-state index in [0.29, 0.717) is 85.4 Å². The summed E-state index contributed by atoms with van der Waals surface area (Å²) in [5.41, 5.74) is 19.5. The van der Waals surface area contributed by atoms with Crippen molar-refractivity contribution < 1.29 is 38.2 Å². The predicted molar refractivity (Wildman–Crippen MR) is 311 cm³/mol. The maximum atomic E-state index is 12.9. The SMILES string of the molecule is CC(C)N.CC(C)NC(N)=O.COc1c(Nc2cc(Cl)ncc2C(=O)C2CC2)cccc1-c1ncn(C)n1.COc1c(Nc2cc(NC(=O)NC(C)C)ncc2C(=O)C2CC2)cccc1-c1ncn(C)n1.NC(=O)Oc1ccccc1. The zero-order chi connectivity index (χ0) is 59.3. The molecule has 2 saturated carbocycles. The van der Waals surface area contributed by atoms with Gasteiger partial charge in [-0.15, -0.1) is 0 Å². The summed E-state index contributed by atoms with van der Waals surface area (Å²) in [7, 11) is 6.75. The van der Waals surface area contributed by atoms with Crippen LogP contribution in [0.3, 0.4) is 0 Å². The number of methoxy groups -OCH3 is 2. The Hall–Kier alpha value is -9.16. The third-order valence-corrected chi connectivity index (χ3v) is 11.1. The number of hydrogen-bond acceptors (Lipinski definition) is 17. The Morgan fingerprint density at radius 3 is 1.46 bits per heavy atom. The molecule has 2 aliphatic rings. The quantitative estimate of drug-likeness (QED) is 0.0330. The molecule has 0 atom stereocenters. The van der Waals surface area contributed by atoms with Crippen molar-refractivity contribution in [2.24, 2.45) is 43.1 Å². The summed E-state index contributed by atoms with van der Waals surface area (Å²) in [5, 5.41) is 23.5. The molecule has 4 heterocycles. The summed E-state index contributed by atoms with van der Waals surface area (Å²) in [6.07, 6.45) is 9.08. The molecule has 9 rings (SSSR count). The topological polar surface area (TPSA) is 338 Å². The number of hydrogen-bond donors (Lipinski definition) is 8. The number of para-hydroxylation sites is 3. The molecule has 0 saturated heterocycles. The monoisotopic (exact) mass is 1130 g/mol. The van der Waals surface area contributed by atoms with Gasteiger partial charge in [0.05, 0.1) is 59.2 Å². The van der Waals surface area contributed by atoms with Gasteiger partial charge in [0.1, 0.15) is 29.4 Å². The van der Waals surface area contributed by atoms with Gasteiger partial charge in [-0.3, -0.25) is 24.3 Å². The number of amides is 5. The fourth-order valence-corrected chi connectivity index (χ4v) is 7.42. The smallest absolute Gasteiger partial charge is 0.409 e. The molecule has 0 unspecified atom stereocenters. The van der Waals surface area contributed by atoms with Gasteiger partial charge in [0, 0.05) is 56.5 Å². The number of Topliss-reactive ketones (excluding diaryl/α,β-unsaturated/α-hetero) is 2. The predicted octanol–water partition coefficient (Wildman–Crippen LogP) is 9.19. The normalized spacial score (nSPS) is 12.1. The lowest BCUT2D eigenvalue weighted by molar-refractivity contribution is 0.0960. The fraction of sp³-hybridized carbons (Fsp3) is 0.339. The van der Waals surface area contributed by atoms with Gasteiger partial charge in [-0.25, -0.2) is 34.3 Å². The van der Waals surface area contributed by atoms with Gasteiger partial charge in [-0.05, 0) is 102 Å². The van der Waals surface area contributed by atoms with Gasteiger partial charge in [-0.2, -0.15) is 10.2 Å². The molecule has 81 heavy (non-hydrogen) atoms. The second-order valence-electron chi connectivity index (χ2n) is 19.3. The molecule has 5 amide bonds. The van der Waals surface area contributed by atoms with Crippen molar-refractivity contribution in [1.82, 2.24) is 50.1 Å². The number of urea groups is 2. The van der Waals surface area contributed by atoms with Crippen LogP contribution in [0.4, 0.5) is 43.0 Å². The van der Waals surface area contributed by atoms with Crippen molar-refractivity contribution in [1.29, 1.82) is 0 Å². The van der Waals surface area contributed by atoms with Crippen LogP contribution in [0.1, 0.15) is 87.9 Å². The van der Waals surface area contributed by atoms with E-state index in [1.165, 1.54) is 12.4 Å². The minimum Gasteiger partial charge on any atom is -0.494 e. The molecule has 4 aromatic heterocycles. The first-order chi connectivity index (χ1) is 38.6. The van der Waals surface area contributed by atoms with Gasteiger partial charge in [0.15, 0.2) is 34.7 Å². The van der Waals surface area contributed by atoms with Crippen LogP contribution in [0.5, 0.6) is 17.2 Å². The fourth-order valence-electron chi connectivity index (χ4n) is 7.27. The van der Waals surface area contributed by atoms with Crippen LogP contribution >= 0.6 is 11.6 Å². The van der Waals surface area contributed by atoms with Crippen LogP contribution < -0.4 is 58.0 Å². The zero-order valence-electron chi connectivity index (χ0n) is 47.0. The molecule has 7 aromatic rings. The van der Waals surface area contributed by atoms with Crippen molar-refractivity contribution in [3.8, 4) is 40.0 Å². The van der Waals surface area contributed by atoms with Crippen molar-refractivity contribution >= 4 is 69.9 Å². The Balaban J connectivity index is 0.000000222. The number of primary amides is 2. The van der Waals surface area contributed by atoms with Crippen molar-refractivity contribution in [2.75, 3.05) is 30.2 Å². The standard InChI is InChI=1S/C23H27N7O3.C19H18ClN5O2.C7H7NO2.C4H10N2O.C3H9N/c1-13(2)26-23(32)28-19-10-18(16(11-24-19)20(31)14-8-9-14)27-17-7-5-6-15(21(17)33-4)22-25-12-30(3)29-22;1-25-10-22-19(24-25)12-4-3-5-14(18(12)27-2)23-15-8-16(20)21-9-13(15)17(26)11-6-7-11;8-7(9)10-6-4-2-1-3-5-6;1-3(2)6-4(5)7;1-3(2)4/h5-7,10-14H,8-9H2,1-4H3,(H3,24,26,27,28,32);3-5,8-11H,6-7H2,1-2H3,(H,21,23);1-5H,(H2,8,9);3H,1-2H3,(H3,5,6,7);3H,4H2,1-2H3. The number of aromatic nitrogens is 8. The highest BCUT2D eigenvalue weighted by Crippen LogP contribution is 2.41. The molecular weight excluding hydrogens is 1060 g/mol. The van der Waals surface area contributed by atoms with Crippen LogP contribution in [-0.4, -0.2) is 102 Å². The van der Waals surface area contributed by atoms with E-state index < -0.39 is 12.1 Å². The van der Waals surface area contributed by atoms with E-state index >= 15 is 0 Å². The zero-order valence-corrected chi connectivity index (χ0v) is 47.7. The minimum absolute atomic E-state index is 0.0151. The number of ketones is 2. The molecule has 3 aromatic carbocycles. The number of aryl methyl sites for hydroxylation is 2. The van der Waals surface area contributed by atoms with E-state index in [-0.39, 0.29) is 41.5 Å². The Kier molecular flexibility index (Phi) is 23.4. The van der Waals surface area contributed by atoms with Gasteiger partial charge in [0.25, 0.3) is 0 Å². The van der Waals surface area contributed by atoms with Crippen LogP contribution in [0.25, 0.3) is 22.8 Å². The number of anilines is 5. The Bertz CT molecular complexity index is 3230. The molecule has 24 nitrogen and oxygen atoms in total. The van der Waals surface area contributed by atoms with Gasteiger partial charge in [0.2, 0.25) is 0 Å². The van der Waals surface area contributed by atoms with Gasteiger partial charge >= 0.3 is 18.2 Å². The van der Waals surface area contributed by atoms with Crippen LogP contribution in [0.2, 0.25) is 5.15 Å². The number of nitrogens with zero attached hydrogens (tertiary/aromatic N) is 8. The number of ether oxygens (including phenoxy) is 3. The molecular formula is C56H71ClN16O8. The van der Waals surface area contributed by atoms with Crippen molar-refractivity contribution in [3.05, 3.63) is 120 Å². The highest BCUT2D eigenvalue weighted by atomic mass is 35.5. The molecule has 0 aliphatic heterocycles. The summed E-state index contributed by atoms with van der Waals surface area (Å²) >= 11 is 6.07. The number of nitrogens with two attached hydrogens (primary N) is 3. The summed E-state index contributed by atoms with van der Waals surface area (Å²) in [5.74, 6) is 3.21. The molecule has 0 spiro atoms. The molecule has 430 valence electrons. The Labute approximate surface area is 475 Å². The molecule has 0 radical (unpaired) electrons. The number of benzene rings is 3. The van der Waals surface area contributed by atoms with Gasteiger partial charge < -0.3 is 52.7 Å². The van der Waals surface area contributed by atoms with Crippen LogP contribution in [0, 0.1) is 11.8 Å². The van der Waals surface area contributed by atoms with E-state index in [1.807, 2.05) is 84.0 Å². The molecule has 11 N–H and O–H groups in total. The number of carbonyl (C=O) groups is 5. The van der Waals surface area contributed by atoms with E-state index in [2.05, 4.69) is 61.5 Å². The number of pyridine rings is 2. The lowest BCUT2D eigenvalue weighted by Crippen LogP contribution is -2.34. The third-order valence-electron chi connectivity index (χ3n) is 10.9. The summed E-state index contributed by atoms with van der Waals surface area (Å²) in [6.45, 7) is 11.3. The van der Waals surface area contributed by atoms with E-state index in [1.54, 1.807) is 86.7 Å². The minimum atomic E-state index is -0.786. The Morgan fingerprint density at radius 1 is 0.617 bits per heavy atom. The number of rotatable bonds is 16. The van der Waals surface area contributed by atoms with Crippen LogP contribution in [-0.2, 0) is 14.1 Å². The maximum absolute atomic E-state index is 12.9. The highest BCUT2D eigenvalue weighted by Gasteiger charge is 2.33. The van der Waals surface area contributed by atoms with Crippen molar-refractivity contribution in [2.45, 2.75) is 85.4 Å². The first kappa shape index (κ1) is 62.7. The average Bonchev–Trinajstić information content (AvgIpc) is 4.37. The summed E-state index contributed by atoms with van der Waals surface area (Å²) < 4.78 is 19.1.